The summed E-state index contributed by atoms with van der Waals surface area (Å²) in [5, 5.41) is 3.86. The maximum absolute atomic E-state index is 5.61. The van der Waals surface area contributed by atoms with Gasteiger partial charge >= 0.3 is 0 Å². The molecule has 1 aliphatic heterocycles. The second kappa shape index (κ2) is 7.40. The summed E-state index contributed by atoms with van der Waals surface area (Å²) < 4.78 is 10.6. The quantitative estimate of drug-likeness (QED) is 0.662. The van der Waals surface area contributed by atoms with E-state index in [1.54, 1.807) is 7.11 Å². The topological polar surface area (TPSA) is 33.7 Å². The molecular weight excluding hydrogens is 264 g/mol. The summed E-state index contributed by atoms with van der Waals surface area (Å²) in [5.74, 6) is 0.888. The van der Waals surface area contributed by atoms with Gasteiger partial charge in [-0.05, 0) is 45.4 Å². The molecule has 2 rings (SSSR count). The summed E-state index contributed by atoms with van der Waals surface area (Å²) >= 11 is 0. The smallest absolute Gasteiger partial charge is 0.0700 e. The Morgan fingerprint density at radius 2 is 1.95 bits per heavy atom. The van der Waals surface area contributed by atoms with Crippen molar-refractivity contribution in [3.8, 4) is 0 Å². The van der Waals surface area contributed by atoms with E-state index in [0.29, 0.717) is 24.3 Å². The van der Waals surface area contributed by atoms with E-state index in [1.165, 1.54) is 25.8 Å². The molecule has 124 valence electrons. The van der Waals surface area contributed by atoms with E-state index in [2.05, 4.69) is 31.0 Å². The van der Waals surface area contributed by atoms with Crippen molar-refractivity contribution in [2.24, 2.45) is 5.92 Å². The molecule has 4 nitrogen and oxygen atoms in total. The molecular formula is C17H34N2O2. The van der Waals surface area contributed by atoms with Gasteiger partial charge in [0.1, 0.15) is 0 Å². The lowest BCUT2D eigenvalue weighted by Gasteiger charge is -2.52. The fourth-order valence-corrected chi connectivity index (χ4v) is 3.44. The van der Waals surface area contributed by atoms with Crippen molar-refractivity contribution >= 4 is 0 Å². The maximum Gasteiger partial charge on any atom is 0.0700 e. The number of piperazine rings is 1. The Balaban J connectivity index is 1.80. The van der Waals surface area contributed by atoms with Crippen LogP contribution in [-0.2, 0) is 9.47 Å². The standard InChI is InChI=1S/C17H34N2O2/c1-5-16(2)13-18-17(3,15-7-8-15)14-19(16)9-6-10-21-12-11-20-4/h15,18H,5-14H2,1-4H3. The number of nitrogens with one attached hydrogen (secondary N) is 1. The molecule has 1 saturated heterocycles. The number of nitrogens with zero attached hydrogens (tertiary/aromatic N) is 1. The molecule has 1 aliphatic carbocycles. The molecule has 4 heteroatoms. The van der Waals surface area contributed by atoms with E-state index >= 15 is 0 Å². The Bertz CT molecular complexity index is 322. The fourth-order valence-electron chi connectivity index (χ4n) is 3.44. The van der Waals surface area contributed by atoms with Crippen LogP contribution in [0.5, 0.6) is 0 Å². The van der Waals surface area contributed by atoms with Gasteiger partial charge in [-0.2, -0.15) is 0 Å². The summed E-state index contributed by atoms with van der Waals surface area (Å²) in [7, 11) is 1.72. The Labute approximate surface area is 130 Å². The van der Waals surface area contributed by atoms with Crippen molar-refractivity contribution in [1.82, 2.24) is 10.2 Å². The van der Waals surface area contributed by atoms with Gasteiger partial charge < -0.3 is 14.8 Å². The van der Waals surface area contributed by atoms with Crippen molar-refractivity contribution in [1.29, 1.82) is 0 Å². The molecule has 1 heterocycles. The van der Waals surface area contributed by atoms with Gasteiger partial charge in [0.15, 0.2) is 0 Å². The molecule has 0 bridgehead atoms. The number of hydrogen-bond acceptors (Lipinski definition) is 4. The molecule has 0 radical (unpaired) electrons. The zero-order chi connectivity index (χ0) is 15.3. The van der Waals surface area contributed by atoms with Crippen LogP contribution in [0.2, 0.25) is 0 Å². The second-order valence-corrected chi connectivity index (χ2v) is 7.28. The van der Waals surface area contributed by atoms with Crippen LogP contribution in [0.1, 0.15) is 46.5 Å². The third kappa shape index (κ3) is 4.41. The van der Waals surface area contributed by atoms with Crippen LogP contribution < -0.4 is 5.32 Å². The van der Waals surface area contributed by atoms with E-state index in [4.69, 9.17) is 9.47 Å². The lowest BCUT2D eigenvalue weighted by Crippen LogP contribution is -2.68. The van der Waals surface area contributed by atoms with Crippen LogP contribution in [0.15, 0.2) is 0 Å². The molecule has 0 aromatic heterocycles. The van der Waals surface area contributed by atoms with E-state index in [-0.39, 0.29) is 0 Å². The molecule has 0 aromatic carbocycles. The lowest BCUT2D eigenvalue weighted by atomic mass is 9.84. The molecule has 2 aliphatic rings. The first-order chi connectivity index (χ1) is 10.0. The highest BCUT2D eigenvalue weighted by Crippen LogP contribution is 2.42. The third-order valence-electron chi connectivity index (χ3n) is 5.54. The SMILES string of the molecule is CCC1(C)CNC(C)(C2CC2)CN1CCCOCCOC. The highest BCUT2D eigenvalue weighted by molar-refractivity contribution is 5.07. The van der Waals surface area contributed by atoms with E-state index in [1.807, 2.05) is 0 Å². The van der Waals surface area contributed by atoms with Crippen LogP contribution in [-0.4, -0.2) is 62.5 Å². The molecule has 1 saturated carbocycles. The van der Waals surface area contributed by atoms with E-state index in [9.17, 15) is 0 Å². The minimum atomic E-state index is 0.293. The molecule has 1 N–H and O–H groups in total. The normalized spacial score (nSPS) is 34.3. The Kier molecular flexibility index (Phi) is 6.06. The molecule has 2 atom stereocenters. The number of rotatable bonds is 9. The Hall–Kier alpha value is -0.160. The van der Waals surface area contributed by atoms with Gasteiger partial charge in [-0.1, -0.05) is 6.92 Å². The summed E-state index contributed by atoms with van der Waals surface area (Å²) in [6.45, 7) is 12.8. The average molecular weight is 298 g/mol. The van der Waals surface area contributed by atoms with Gasteiger partial charge in [-0.3, -0.25) is 4.90 Å². The van der Waals surface area contributed by atoms with Crippen LogP contribution in [0.4, 0.5) is 0 Å². The minimum absolute atomic E-state index is 0.293. The molecule has 21 heavy (non-hydrogen) atoms. The Morgan fingerprint density at radius 1 is 1.19 bits per heavy atom. The highest BCUT2D eigenvalue weighted by Gasteiger charge is 2.48. The first-order valence-electron chi connectivity index (χ1n) is 8.61. The minimum Gasteiger partial charge on any atom is -0.382 e. The summed E-state index contributed by atoms with van der Waals surface area (Å²) in [5.41, 5.74) is 0.618. The monoisotopic (exact) mass is 298 g/mol. The van der Waals surface area contributed by atoms with Crippen LogP contribution in [0.3, 0.4) is 0 Å². The zero-order valence-corrected chi connectivity index (χ0v) is 14.4. The summed E-state index contributed by atoms with van der Waals surface area (Å²) in [4.78, 5) is 2.71. The molecule has 0 spiro atoms. The van der Waals surface area contributed by atoms with Crippen molar-refractivity contribution in [2.45, 2.75) is 57.5 Å². The van der Waals surface area contributed by atoms with Crippen LogP contribution in [0, 0.1) is 5.92 Å². The van der Waals surface area contributed by atoms with Gasteiger partial charge in [0.25, 0.3) is 0 Å². The predicted octanol–water partition coefficient (Wildman–Crippen LogP) is 2.28. The van der Waals surface area contributed by atoms with Crippen molar-refractivity contribution in [2.75, 3.05) is 46.6 Å². The van der Waals surface area contributed by atoms with Crippen LogP contribution in [0.25, 0.3) is 0 Å². The zero-order valence-electron chi connectivity index (χ0n) is 14.4. The predicted molar refractivity (Wildman–Crippen MR) is 86.7 cm³/mol. The molecule has 2 fully saturated rings. The van der Waals surface area contributed by atoms with Gasteiger partial charge in [0.05, 0.1) is 13.2 Å². The van der Waals surface area contributed by atoms with E-state index < -0.39 is 0 Å². The van der Waals surface area contributed by atoms with Crippen molar-refractivity contribution < 1.29 is 9.47 Å². The summed E-state index contributed by atoms with van der Waals surface area (Å²) in [6.07, 6.45) is 5.12. The van der Waals surface area contributed by atoms with Gasteiger partial charge in [-0.15, -0.1) is 0 Å². The first-order valence-corrected chi connectivity index (χ1v) is 8.61. The fraction of sp³-hybridized carbons (Fsp3) is 1.00. The number of ether oxygens (including phenoxy) is 2. The van der Waals surface area contributed by atoms with Crippen molar-refractivity contribution in [3.05, 3.63) is 0 Å². The lowest BCUT2D eigenvalue weighted by molar-refractivity contribution is 0.000945. The van der Waals surface area contributed by atoms with Crippen molar-refractivity contribution in [3.63, 3.8) is 0 Å². The molecule has 0 amide bonds. The van der Waals surface area contributed by atoms with Gasteiger partial charge in [-0.25, -0.2) is 0 Å². The number of methoxy groups -OCH3 is 1. The van der Waals surface area contributed by atoms with Gasteiger partial charge in [0, 0.05) is 44.4 Å². The highest BCUT2D eigenvalue weighted by atomic mass is 16.5. The summed E-state index contributed by atoms with van der Waals surface area (Å²) in [6, 6.07) is 0. The van der Waals surface area contributed by atoms with Crippen LogP contribution >= 0.6 is 0 Å². The number of hydrogen-bond donors (Lipinski definition) is 1. The Morgan fingerprint density at radius 3 is 2.57 bits per heavy atom. The molecule has 2 unspecified atom stereocenters. The third-order valence-corrected chi connectivity index (χ3v) is 5.54. The molecule has 0 aromatic rings. The second-order valence-electron chi connectivity index (χ2n) is 7.28. The average Bonchev–Trinajstić information content (AvgIpc) is 3.31. The van der Waals surface area contributed by atoms with Gasteiger partial charge in [0.2, 0.25) is 0 Å². The maximum atomic E-state index is 5.61. The largest absolute Gasteiger partial charge is 0.382 e. The first kappa shape index (κ1) is 17.2. The van der Waals surface area contributed by atoms with E-state index in [0.717, 1.165) is 32.0 Å².